The molecule has 0 bridgehead atoms. The van der Waals surface area contributed by atoms with Crippen LogP contribution in [0.25, 0.3) is 0 Å². The summed E-state index contributed by atoms with van der Waals surface area (Å²) in [5.74, 6) is -1.06. The highest BCUT2D eigenvalue weighted by Gasteiger charge is 2.29. The van der Waals surface area contributed by atoms with Crippen molar-refractivity contribution in [3.8, 4) is 0 Å². The van der Waals surface area contributed by atoms with Gasteiger partial charge >= 0.3 is 5.97 Å². The van der Waals surface area contributed by atoms with Crippen molar-refractivity contribution in [1.29, 1.82) is 0 Å². The molecule has 1 aromatic rings. The Labute approximate surface area is 93.3 Å². The summed E-state index contributed by atoms with van der Waals surface area (Å²) in [6, 6.07) is 6.45. The van der Waals surface area contributed by atoms with Crippen LogP contribution in [0.3, 0.4) is 0 Å². The standard InChI is InChI=1S/C9H10ClNO2.ClH/c1-9(11,8(12)13)6-2-4-7(10)5-3-6;/h2-5H,11H2,1H3,(H,12,13);1H/t9-;/m1./s1. The minimum absolute atomic E-state index is 0. The van der Waals surface area contributed by atoms with Crippen LogP contribution in [0.1, 0.15) is 12.5 Å². The van der Waals surface area contributed by atoms with E-state index < -0.39 is 11.5 Å². The van der Waals surface area contributed by atoms with E-state index in [1.807, 2.05) is 0 Å². The van der Waals surface area contributed by atoms with Crippen molar-refractivity contribution in [3.63, 3.8) is 0 Å². The average Bonchev–Trinajstić information content (AvgIpc) is 2.04. The van der Waals surface area contributed by atoms with E-state index in [0.29, 0.717) is 10.6 Å². The molecule has 5 heteroatoms. The van der Waals surface area contributed by atoms with Gasteiger partial charge in [-0.15, -0.1) is 12.4 Å². The Kier molecular flexibility index (Phi) is 4.39. The lowest BCUT2D eigenvalue weighted by atomic mass is 9.94. The van der Waals surface area contributed by atoms with E-state index in [-0.39, 0.29) is 12.4 Å². The van der Waals surface area contributed by atoms with Gasteiger partial charge in [0, 0.05) is 5.02 Å². The monoisotopic (exact) mass is 235 g/mol. The van der Waals surface area contributed by atoms with Gasteiger partial charge in [0.25, 0.3) is 0 Å². The average molecular weight is 236 g/mol. The first kappa shape index (κ1) is 13.2. The second kappa shape index (κ2) is 4.64. The number of nitrogens with two attached hydrogens (primary N) is 1. The van der Waals surface area contributed by atoms with Gasteiger partial charge in [-0.1, -0.05) is 23.7 Å². The Hall–Kier alpha value is -0.770. The summed E-state index contributed by atoms with van der Waals surface area (Å²) in [7, 11) is 0. The van der Waals surface area contributed by atoms with Crippen molar-refractivity contribution < 1.29 is 9.90 Å². The van der Waals surface area contributed by atoms with Gasteiger partial charge in [0.1, 0.15) is 5.54 Å². The van der Waals surface area contributed by atoms with Gasteiger partial charge in [-0.25, -0.2) is 4.79 Å². The molecule has 1 aromatic carbocycles. The van der Waals surface area contributed by atoms with Crippen molar-refractivity contribution in [2.75, 3.05) is 0 Å². The van der Waals surface area contributed by atoms with Crippen molar-refractivity contribution in [2.45, 2.75) is 12.5 Å². The molecule has 14 heavy (non-hydrogen) atoms. The maximum absolute atomic E-state index is 10.7. The van der Waals surface area contributed by atoms with Crippen LogP contribution >= 0.6 is 24.0 Å². The van der Waals surface area contributed by atoms with Crippen molar-refractivity contribution in [3.05, 3.63) is 34.9 Å². The molecule has 0 aliphatic rings. The third-order valence-electron chi connectivity index (χ3n) is 1.89. The lowest BCUT2D eigenvalue weighted by Gasteiger charge is -2.19. The highest BCUT2D eigenvalue weighted by Crippen LogP contribution is 2.19. The second-order valence-corrected chi connectivity index (χ2v) is 3.45. The third kappa shape index (κ3) is 2.61. The van der Waals surface area contributed by atoms with E-state index in [1.54, 1.807) is 24.3 Å². The molecule has 78 valence electrons. The van der Waals surface area contributed by atoms with E-state index in [4.69, 9.17) is 22.4 Å². The molecule has 0 aliphatic carbocycles. The topological polar surface area (TPSA) is 63.3 Å². The summed E-state index contributed by atoms with van der Waals surface area (Å²) in [4.78, 5) is 10.7. The fourth-order valence-electron chi connectivity index (χ4n) is 0.920. The molecule has 0 radical (unpaired) electrons. The van der Waals surface area contributed by atoms with Gasteiger partial charge in [0.05, 0.1) is 0 Å². The summed E-state index contributed by atoms with van der Waals surface area (Å²) >= 11 is 5.65. The molecule has 3 nitrogen and oxygen atoms in total. The number of carbonyl (C=O) groups is 1. The van der Waals surface area contributed by atoms with Gasteiger partial charge in [0.15, 0.2) is 0 Å². The molecule has 1 atom stereocenters. The first-order valence-electron chi connectivity index (χ1n) is 3.73. The van der Waals surface area contributed by atoms with Crippen molar-refractivity contribution in [1.82, 2.24) is 0 Å². The van der Waals surface area contributed by atoms with Gasteiger partial charge in [0.2, 0.25) is 0 Å². The summed E-state index contributed by atoms with van der Waals surface area (Å²) in [6.45, 7) is 1.44. The Morgan fingerprint density at radius 1 is 1.43 bits per heavy atom. The smallest absolute Gasteiger partial charge is 0.328 e. The predicted molar refractivity (Wildman–Crippen MR) is 57.9 cm³/mol. The molecule has 0 aliphatic heterocycles. The van der Waals surface area contributed by atoms with Gasteiger partial charge in [-0.3, -0.25) is 0 Å². The van der Waals surface area contributed by atoms with E-state index >= 15 is 0 Å². The van der Waals surface area contributed by atoms with Gasteiger partial charge in [-0.05, 0) is 24.6 Å². The zero-order valence-corrected chi connectivity index (χ0v) is 9.10. The molecule has 0 fully saturated rings. The van der Waals surface area contributed by atoms with Crippen LogP contribution in [0.4, 0.5) is 0 Å². The number of aliphatic carboxylic acids is 1. The van der Waals surface area contributed by atoms with Crippen LogP contribution in [0.2, 0.25) is 5.02 Å². The summed E-state index contributed by atoms with van der Waals surface area (Å²) in [5, 5.41) is 9.37. The summed E-state index contributed by atoms with van der Waals surface area (Å²) < 4.78 is 0. The first-order valence-corrected chi connectivity index (χ1v) is 4.10. The second-order valence-electron chi connectivity index (χ2n) is 3.01. The Morgan fingerprint density at radius 3 is 2.21 bits per heavy atom. The molecule has 1 rings (SSSR count). The zero-order chi connectivity index (χ0) is 10.1. The number of carboxylic acid groups (broad SMARTS) is 1. The minimum Gasteiger partial charge on any atom is -0.480 e. The van der Waals surface area contributed by atoms with E-state index in [1.165, 1.54) is 6.92 Å². The van der Waals surface area contributed by atoms with E-state index in [9.17, 15) is 4.79 Å². The number of halogens is 2. The Morgan fingerprint density at radius 2 is 1.86 bits per heavy atom. The molecule has 3 N–H and O–H groups in total. The molecule has 0 saturated carbocycles. The van der Waals surface area contributed by atoms with Gasteiger partial charge in [-0.2, -0.15) is 0 Å². The van der Waals surface area contributed by atoms with Crippen LogP contribution in [-0.4, -0.2) is 11.1 Å². The third-order valence-corrected chi connectivity index (χ3v) is 2.14. The SMILES string of the molecule is C[C@](N)(C(=O)O)c1ccc(Cl)cc1.Cl. The lowest BCUT2D eigenvalue weighted by molar-refractivity contribution is -0.143. The Bertz CT molecular complexity index is 322. The van der Waals surface area contributed by atoms with E-state index in [2.05, 4.69) is 0 Å². The van der Waals surface area contributed by atoms with E-state index in [0.717, 1.165) is 0 Å². The maximum atomic E-state index is 10.7. The quantitative estimate of drug-likeness (QED) is 0.825. The summed E-state index contributed by atoms with van der Waals surface area (Å²) in [5.41, 5.74) is 4.76. The number of rotatable bonds is 2. The first-order chi connectivity index (χ1) is 5.94. The predicted octanol–water partition coefficient (Wildman–Crippen LogP) is 2.02. The number of benzene rings is 1. The minimum atomic E-state index is -1.36. The van der Waals surface area contributed by atoms with Crippen LogP contribution in [-0.2, 0) is 10.3 Å². The maximum Gasteiger partial charge on any atom is 0.328 e. The molecule has 0 amide bonds. The normalized spacial score (nSPS) is 13.9. The lowest BCUT2D eigenvalue weighted by Crippen LogP contribution is -2.41. The molecule has 0 aromatic heterocycles. The molecule has 0 unspecified atom stereocenters. The van der Waals surface area contributed by atoms with Crippen molar-refractivity contribution in [2.24, 2.45) is 5.73 Å². The molecular weight excluding hydrogens is 225 g/mol. The van der Waals surface area contributed by atoms with Crippen LogP contribution in [0.15, 0.2) is 24.3 Å². The number of hydrogen-bond donors (Lipinski definition) is 2. The molecular formula is C9H11Cl2NO2. The fourth-order valence-corrected chi connectivity index (χ4v) is 1.05. The number of carboxylic acids is 1. The fraction of sp³-hybridized carbons (Fsp3) is 0.222. The molecule has 0 saturated heterocycles. The van der Waals surface area contributed by atoms with Crippen molar-refractivity contribution >= 4 is 30.0 Å². The highest BCUT2D eigenvalue weighted by molar-refractivity contribution is 6.30. The highest BCUT2D eigenvalue weighted by atomic mass is 35.5. The van der Waals surface area contributed by atoms with Crippen LogP contribution < -0.4 is 5.73 Å². The van der Waals surface area contributed by atoms with Crippen LogP contribution in [0.5, 0.6) is 0 Å². The van der Waals surface area contributed by atoms with Gasteiger partial charge < -0.3 is 10.8 Å². The van der Waals surface area contributed by atoms with Crippen LogP contribution in [0, 0.1) is 0 Å². The largest absolute Gasteiger partial charge is 0.480 e. The summed E-state index contributed by atoms with van der Waals surface area (Å²) in [6.07, 6.45) is 0. The number of hydrogen-bond acceptors (Lipinski definition) is 2. The molecule has 0 heterocycles. The zero-order valence-electron chi connectivity index (χ0n) is 7.53. The molecule has 0 spiro atoms. The Balaban J connectivity index is 0.00000169.